The molecular formula is C15H12N2O2. The Morgan fingerprint density at radius 2 is 2.11 bits per heavy atom. The van der Waals surface area contributed by atoms with Crippen molar-refractivity contribution in [1.29, 1.82) is 0 Å². The van der Waals surface area contributed by atoms with Gasteiger partial charge in [0.05, 0.1) is 22.5 Å². The fourth-order valence-corrected chi connectivity index (χ4v) is 2.20. The number of hydrogen-bond donors (Lipinski definition) is 2. The molecule has 2 N–H and O–H groups in total. The predicted molar refractivity (Wildman–Crippen MR) is 73.2 cm³/mol. The number of rotatable bonds is 2. The SMILES string of the molecule is Cc1cccc2c(C(=O)O)cc(-c3ccc[nH]3)nc12. The summed E-state index contributed by atoms with van der Waals surface area (Å²) >= 11 is 0. The highest BCUT2D eigenvalue weighted by Gasteiger charge is 2.14. The van der Waals surface area contributed by atoms with Gasteiger partial charge in [0.1, 0.15) is 0 Å². The average Bonchev–Trinajstić information content (AvgIpc) is 2.92. The van der Waals surface area contributed by atoms with E-state index < -0.39 is 5.97 Å². The second-order valence-electron chi connectivity index (χ2n) is 4.42. The smallest absolute Gasteiger partial charge is 0.336 e. The number of aromatic carboxylic acids is 1. The van der Waals surface area contributed by atoms with Gasteiger partial charge in [0.15, 0.2) is 0 Å². The van der Waals surface area contributed by atoms with E-state index in [1.807, 2.05) is 31.2 Å². The minimum absolute atomic E-state index is 0.276. The molecule has 0 aliphatic rings. The monoisotopic (exact) mass is 252 g/mol. The van der Waals surface area contributed by atoms with Crippen molar-refractivity contribution < 1.29 is 9.90 Å². The predicted octanol–water partition coefficient (Wildman–Crippen LogP) is 3.24. The van der Waals surface area contributed by atoms with Crippen molar-refractivity contribution in [3.8, 4) is 11.4 Å². The van der Waals surface area contributed by atoms with Gasteiger partial charge in [-0.3, -0.25) is 0 Å². The third-order valence-electron chi connectivity index (χ3n) is 3.15. The summed E-state index contributed by atoms with van der Waals surface area (Å²) in [5.41, 5.74) is 3.43. The molecule has 0 saturated carbocycles. The molecular weight excluding hydrogens is 240 g/mol. The Morgan fingerprint density at radius 1 is 1.26 bits per heavy atom. The maximum absolute atomic E-state index is 11.4. The molecule has 0 aliphatic heterocycles. The van der Waals surface area contributed by atoms with E-state index in [4.69, 9.17) is 0 Å². The first kappa shape index (κ1) is 11.5. The molecule has 3 aromatic rings. The summed E-state index contributed by atoms with van der Waals surface area (Å²) in [6, 6.07) is 10.9. The lowest BCUT2D eigenvalue weighted by Crippen LogP contribution is -2.01. The molecule has 4 nitrogen and oxygen atoms in total. The highest BCUT2D eigenvalue weighted by Crippen LogP contribution is 2.25. The van der Waals surface area contributed by atoms with E-state index in [0.717, 1.165) is 16.8 Å². The molecule has 0 bridgehead atoms. The van der Waals surface area contributed by atoms with Crippen LogP contribution in [0.2, 0.25) is 0 Å². The van der Waals surface area contributed by atoms with Gasteiger partial charge in [-0.05, 0) is 30.7 Å². The first-order valence-electron chi connectivity index (χ1n) is 5.94. The topological polar surface area (TPSA) is 66.0 Å². The average molecular weight is 252 g/mol. The van der Waals surface area contributed by atoms with Crippen LogP contribution >= 0.6 is 0 Å². The van der Waals surface area contributed by atoms with E-state index >= 15 is 0 Å². The van der Waals surface area contributed by atoms with Gasteiger partial charge < -0.3 is 10.1 Å². The fraction of sp³-hybridized carbons (Fsp3) is 0.0667. The third kappa shape index (κ3) is 1.87. The van der Waals surface area contributed by atoms with Crippen LogP contribution < -0.4 is 0 Å². The summed E-state index contributed by atoms with van der Waals surface area (Å²) in [5, 5.41) is 10.0. The first-order chi connectivity index (χ1) is 9.16. The molecule has 2 heterocycles. The van der Waals surface area contributed by atoms with Gasteiger partial charge in [-0.25, -0.2) is 9.78 Å². The molecule has 0 fully saturated rings. The highest BCUT2D eigenvalue weighted by molar-refractivity contribution is 6.04. The minimum Gasteiger partial charge on any atom is -0.478 e. The first-order valence-corrected chi connectivity index (χ1v) is 5.94. The summed E-state index contributed by atoms with van der Waals surface area (Å²) in [6.07, 6.45) is 1.79. The number of aryl methyl sites for hydroxylation is 1. The standard InChI is InChI=1S/C15H12N2O2/c1-9-4-2-5-10-11(15(18)19)8-13(17-14(9)10)12-6-3-7-16-12/h2-8,16H,1H3,(H,18,19). The number of H-pyrrole nitrogens is 1. The number of carboxylic acids is 1. The van der Waals surface area contributed by atoms with Crippen molar-refractivity contribution >= 4 is 16.9 Å². The number of hydrogen-bond acceptors (Lipinski definition) is 2. The quantitative estimate of drug-likeness (QED) is 0.735. The molecule has 0 atom stereocenters. The van der Waals surface area contributed by atoms with E-state index in [1.165, 1.54) is 0 Å². The zero-order valence-electron chi connectivity index (χ0n) is 10.3. The number of carboxylic acid groups (broad SMARTS) is 1. The van der Waals surface area contributed by atoms with E-state index in [1.54, 1.807) is 18.3 Å². The molecule has 3 rings (SSSR count). The lowest BCUT2D eigenvalue weighted by atomic mass is 10.0. The second kappa shape index (κ2) is 4.24. The van der Waals surface area contributed by atoms with Crippen molar-refractivity contribution in [2.75, 3.05) is 0 Å². The van der Waals surface area contributed by atoms with Crippen LogP contribution in [0.4, 0.5) is 0 Å². The van der Waals surface area contributed by atoms with Crippen LogP contribution in [0.5, 0.6) is 0 Å². The molecule has 94 valence electrons. The molecule has 2 aromatic heterocycles. The number of carbonyl (C=O) groups is 1. The number of pyridine rings is 1. The van der Waals surface area contributed by atoms with Gasteiger partial charge in [-0.1, -0.05) is 18.2 Å². The normalized spacial score (nSPS) is 10.8. The van der Waals surface area contributed by atoms with Crippen molar-refractivity contribution in [1.82, 2.24) is 9.97 Å². The molecule has 1 aromatic carbocycles. The Kier molecular flexibility index (Phi) is 2.56. The fourth-order valence-electron chi connectivity index (χ4n) is 2.20. The van der Waals surface area contributed by atoms with Gasteiger partial charge in [0.2, 0.25) is 0 Å². The second-order valence-corrected chi connectivity index (χ2v) is 4.42. The van der Waals surface area contributed by atoms with E-state index in [2.05, 4.69) is 9.97 Å². The summed E-state index contributed by atoms with van der Waals surface area (Å²) in [5.74, 6) is -0.939. The number of nitrogens with one attached hydrogen (secondary N) is 1. The van der Waals surface area contributed by atoms with E-state index in [0.29, 0.717) is 11.1 Å². The molecule has 4 heteroatoms. The van der Waals surface area contributed by atoms with Crippen LogP contribution in [-0.4, -0.2) is 21.0 Å². The number of para-hydroxylation sites is 1. The summed E-state index contributed by atoms with van der Waals surface area (Å²) < 4.78 is 0. The van der Waals surface area contributed by atoms with Gasteiger partial charge >= 0.3 is 5.97 Å². The van der Waals surface area contributed by atoms with Crippen LogP contribution in [0.25, 0.3) is 22.3 Å². The van der Waals surface area contributed by atoms with E-state index in [9.17, 15) is 9.90 Å². The van der Waals surface area contributed by atoms with Gasteiger partial charge in [0, 0.05) is 11.6 Å². The number of aromatic nitrogens is 2. The van der Waals surface area contributed by atoms with Crippen LogP contribution in [0.1, 0.15) is 15.9 Å². The number of nitrogens with zero attached hydrogens (tertiary/aromatic N) is 1. The van der Waals surface area contributed by atoms with Crippen LogP contribution in [0, 0.1) is 6.92 Å². The van der Waals surface area contributed by atoms with Crippen molar-refractivity contribution in [3.63, 3.8) is 0 Å². The number of aromatic amines is 1. The Balaban J connectivity index is 2.38. The lowest BCUT2D eigenvalue weighted by molar-refractivity contribution is 0.0699. The number of benzene rings is 1. The van der Waals surface area contributed by atoms with Crippen LogP contribution in [0.3, 0.4) is 0 Å². The van der Waals surface area contributed by atoms with Crippen LogP contribution in [0.15, 0.2) is 42.6 Å². The zero-order chi connectivity index (χ0) is 13.4. The molecule has 19 heavy (non-hydrogen) atoms. The summed E-state index contributed by atoms with van der Waals surface area (Å²) in [4.78, 5) is 19.0. The summed E-state index contributed by atoms with van der Waals surface area (Å²) in [7, 11) is 0. The van der Waals surface area contributed by atoms with E-state index in [-0.39, 0.29) is 5.56 Å². The molecule has 0 radical (unpaired) electrons. The molecule has 0 unspecified atom stereocenters. The van der Waals surface area contributed by atoms with Crippen molar-refractivity contribution in [3.05, 3.63) is 53.7 Å². The van der Waals surface area contributed by atoms with Gasteiger partial charge in [0.25, 0.3) is 0 Å². The Hall–Kier alpha value is -2.62. The van der Waals surface area contributed by atoms with Crippen molar-refractivity contribution in [2.45, 2.75) is 6.92 Å². The Morgan fingerprint density at radius 3 is 2.79 bits per heavy atom. The van der Waals surface area contributed by atoms with Gasteiger partial charge in [-0.15, -0.1) is 0 Å². The molecule has 0 spiro atoms. The molecule has 0 saturated heterocycles. The maximum Gasteiger partial charge on any atom is 0.336 e. The Labute approximate surface area is 109 Å². The van der Waals surface area contributed by atoms with Gasteiger partial charge in [-0.2, -0.15) is 0 Å². The number of fused-ring (bicyclic) bond motifs is 1. The largest absolute Gasteiger partial charge is 0.478 e. The van der Waals surface area contributed by atoms with Crippen LogP contribution in [-0.2, 0) is 0 Å². The Bertz CT molecular complexity index is 761. The molecule has 0 amide bonds. The summed E-state index contributed by atoms with van der Waals surface area (Å²) in [6.45, 7) is 1.93. The third-order valence-corrected chi connectivity index (χ3v) is 3.15. The zero-order valence-corrected chi connectivity index (χ0v) is 10.3. The minimum atomic E-state index is -0.939. The highest BCUT2D eigenvalue weighted by atomic mass is 16.4. The van der Waals surface area contributed by atoms with Crippen molar-refractivity contribution in [2.24, 2.45) is 0 Å². The maximum atomic E-state index is 11.4. The molecule has 0 aliphatic carbocycles. The lowest BCUT2D eigenvalue weighted by Gasteiger charge is -2.07.